The van der Waals surface area contributed by atoms with Crippen LogP contribution < -0.4 is 4.74 Å². The van der Waals surface area contributed by atoms with E-state index in [1.165, 1.54) is 11.1 Å². The molecule has 1 saturated heterocycles. The normalized spacial score (nSPS) is 18.3. The minimum atomic E-state index is -0.0523. The number of ether oxygens (including phenoxy) is 2. The van der Waals surface area contributed by atoms with Gasteiger partial charge >= 0.3 is 0 Å². The maximum Gasteiger partial charge on any atom is 0.123 e. The number of alkyl halides is 1. The maximum absolute atomic E-state index is 5.42. The predicted octanol–water partition coefficient (Wildman–Crippen LogP) is 3.44. The third-order valence-electron chi connectivity index (χ3n) is 3.03. The van der Waals surface area contributed by atoms with Gasteiger partial charge in [0, 0.05) is 5.56 Å². The summed E-state index contributed by atoms with van der Waals surface area (Å²) in [6.07, 6.45) is 0. The van der Waals surface area contributed by atoms with Gasteiger partial charge in [0.25, 0.3) is 0 Å². The summed E-state index contributed by atoms with van der Waals surface area (Å²) in [6.45, 7) is 5.82. The summed E-state index contributed by atoms with van der Waals surface area (Å²) < 4.78 is 10.7. The fourth-order valence-electron chi connectivity index (χ4n) is 1.87. The molecule has 0 spiro atoms. The van der Waals surface area contributed by atoms with Crippen molar-refractivity contribution < 1.29 is 9.47 Å². The average molecular weight is 285 g/mol. The number of methoxy groups -OCH3 is 1. The van der Waals surface area contributed by atoms with E-state index in [4.69, 9.17) is 9.47 Å². The molecule has 2 rings (SSSR count). The number of hydrogen-bond donors (Lipinski definition) is 0. The monoisotopic (exact) mass is 284 g/mol. The Bertz CT molecular complexity index is 384. The molecule has 0 bridgehead atoms. The van der Waals surface area contributed by atoms with Gasteiger partial charge in [-0.25, -0.2) is 0 Å². The Morgan fingerprint density at radius 3 is 2.50 bits per heavy atom. The van der Waals surface area contributed by atoms with Crippen LogP contribution in [-0.4, -0.2) is 20.3 Å². The highest BCUT2D eigenvalue weighted by molar-refractivity contribution is 9.09. The first-order valence-corrected chi connectivity index (χ1v) is 6.31. The van der Waals surface area contributed by atoms with E-state index in [0.29, 0.717) is 19.1 Å². The molecule has 0 aromatic heterocycles. The fraction of sp³-hybridized carbons (Fsp3) is 0.538. The molecule has 1 aliphatic rings. The summed E-state index contributed by atoms with van der Waals surface area (Å²) in [5.74, 6) is 1.46. The molecular weight excluding hydrogens is 268 g/mol. The zero-order valence-electron chi connectivity index (χ0n) is 9.92. The molecule has 0 amide bonds. The zero-order valence-corrected chi connectivity index (χ0v) is 11.5. The summed E-state index contributed by atoms with van der Waals surface area (Å²) >= 11 is 3.75. The summed E-state index contributed by atoms with van der Waals surface area (Å²) in [6, 6.07) is 6.40. The minimum absolute atomic E-state index is 0.0523. The molecule has 88 valence electrons. The van der Waals surface area contributed by atoms with Crippen LogP contribution in [0.15, 0.2) is 18.2 Å². The first-order valence-electron chi connectivity index (χ1n) is 5.52. The van der Waals surface area contributed by atoms with Crippen molar-refractivity contribution in [2.75, 3.05) is 20.3 Å². The molecule has 2 nitrogen and oxygen atoms in total. The molecule has 1 aromatic carbocycles. The van der Waals surface area contributed by atoms with Crippen LogP contribution in [-0.2, 0) is 9.06 Å². The van der Waals surface area contributed by atoms with Crippen molar-refractivity contribution in [2.24, 2.45) is 0 Å². The Balaban J connectivity index is 2.43. The molecule has 1 fully saturated rings. The van der Waals surface area contributed by atoms with Gasteiger partial charge in [-0.2, -0.15) is 0 Å². The first kappa shape index (κ1) is 11.9. The van der Waals surface area contributed by atoms with Crippen LogP contribution >= 0.6 is 15.9 Å². The van der Waals surface area contributed by atoms with Crippen molar-refractivity contribution in [1.82, 2.24) is 0 Å². The predicted molar refractivity (Wildman–Crippen MR) is 68.5 cm³/mol. The Morgan fingerprint density at radius 2 is 2.06 bits per heavy atom. The quantitative estimate of drug-likeness (QED) is 0.792. The standard InChI is InChI=1S/C13H17BrO2/c1-9(2)10-4-5-12(15-3)11(6-10)13(14)7-16-8-13/h4-6,9H,7-8H2,1-3H3. The SMILES string of the molecule is COc1ccc(C(C)C)cc1C1(Br)COC1. The van der Waals surface area contributed by atoms with Crippen molar-refractivity contribution in [1.29, 1.82) is 0 Å². The minimum Gasteiger partial charge on any atom is -0.496 e. The van der Waals surface area contributed by atoms with Gasteiger partial charge < -0.3 is 9.47 Å². The Morgan fingerprint density at radius 1 is 1.38 bits per heavy atom. The van der Waals surface area contributed by atoms with Gasteiger partial charge in [-0.3, -0.25) is 0 Å². The third kappa shape index (κ3) is 1.98. The van der Waals surface area contributed by atoms with Crippen LogP contribution in [0.5, 0.6) is 5.75 Å². The van der Waals surface area contributed by atoms with Crippen molar-refractivity contribution in [2.45, 2.75) is 24.1 Å². The van der Waals surface area contributed by atoms with E-state index in [1.807, 2.05) is 6.07 Å². The second-order valence-electron chi connectivity index (χ2n) is 4.57. The van der Waals surface area contributed by atoms with Gasteiger partial charge in [0.2, 0.25) is 0 Å². The third-order valence-corrected chi connectivity index (χ3v) is 3.92. The summed E-state index contributed by atoms with van der Waals surface area (Å²) in [5.41, 5.74) is 2.54. The van der Waals surface area contributed by atoms with E-state index in [9.17, 15) is 0 Å². The van der Waals surface area contributed by atoms with Crippen LogP contribution in [0.4, 0.5) is 0 Å². The lowest BCUT2D eigenvalue weighted by atomic mass is 9.91. The van der Waals surface area contributed by atoms with Crippen molar-refractivity contribution in [3.05, 3.63) is 29.3 Å². The van der Waals surface area contributed by atoms with Crippen LogP contribution in [0.3, 0.4) is 0 Å². The second-order valence-corrected chi connectivity index (χ2v) is 6.09. The summed E-state index contributed by atoms with van der Waals surface area (Å²) in [5, 5.41) is 0. The zero-order chi connectivity index (χ0) is 11.8. The lowest BCUT2D eigenvalue weighted by Gasteiger charge is -2.37. The van der Waals surface area contributed by atoms with Crippen molar-refractivity contribution >= 4 is 15.9 Å². The highest BCUT2D eigenvalue weighted by atomic mass is 79.9. The Kier molecular flexibility index (Phi) is 3.27. The molecule has 1 aliphatic heterocycles. The Labute approximate surface area is 105 Å². The van der Waals surface area contributed by atoms with E-state index in [1.54, 1.807) is 7.11 Å². The molecule has 3 heteroatoms. The van der Waals surface area contributed by atoms with E-state index in [2.05, 4.69) is 41.9 Å². The smallest absolute Gasteiger partial charge is 0.123 e. The highest BCUT2D eigenvalue weighted by Crippen LogP contribution is 2.43. The molecular formula is C13H17BrO2. The van der Waals surface area contributed by atoms with Gasteiger partial charge in [-0.1, -0.05) is 41.9 Å². The van der Waals surface area contributed by atoms with Crippen LogP contribution in [0, 0.1) is 0 Å². The fourth-order valence-corrected chi connectivity index (χ4v) is 2.51. The topological polar surface area (TPSA) is 18.5 Å². The van der Waals surface area contributed by atoms with E-state index in [0.717, 1.165) is 5.75 Å². The largest absolute Gasteiger partial charge is 0.496 e. The molecule has 0 unspecified atom stereocenters. The Hall–Kier alpha value is -0.540. The van der Waals surface area contributed by atoms with Gasteiger partial charge in [0.1, 0.15) is 10.1 Å². The molecule has 0 aliphatic carbocycles. The maximum atomic E-state index is 5.42. The van der Waals surface area contributed by atoms with Gasteiger partial charge in [-0.15, -0.1) is 0 Å². The molecule has 0 radical (unpaired) electrons. The lowest BCUT2D eigenvalue weighted by molar-refractivity contribution is -0.00792. The van der Waals surface area contributed by atoms with Gasteiger partial charge in [0.15, 0.2) is 0 Å². The summed E-state index contributed by atoms with van der Waals surface area (Å²) in [4.78, 5) is 0. The number of rotatable bonds is 3. The highest BCUT2D eigenvalue weighted by Gasteiger charge is 2.40. The average Bonchev–Trinajstić information content (AvgIpc) is 2.25. The molecule has 1 heterocycles. The van der Waals surface area contributed by atoms with Crippen molar-refractivity contribution in [3.8, 4) is 5.75 Å². The molecule has 1 aromatic rings. The van der Waals surface area contributed by atoms with Gasteiger partial charge in [0.05, 0.1) is 20.3 Å². The van der Waals surface area contributed by atoms with Crippen molar-refractivity contribution in [3.63, 3.8) is 0 Å². The van der Waals surface area contributed by atoms with Crippen LogP contribution in [0.2, 0.25) is 0 Å². The van der Waals surface area contributed by atoms with E-state index >= 15 is 0 Å². The van der Waals surface area contributed by atoms with E-state index in [-0.39, 0.29) is 4.32 Å². The first-order chi connectivity index (χ1) is 7.57. The summed E-state index contributed by atoms with van der Waals surface area (Å²) in [7, 11) is 1.71. The number of benzene rings is 1. The molecule has 16 heavy (non-hydrogen) atoms. The number of halogens is 1. The lowest BCUT2D eigenvalue weighted by Crippen LogP contribution is -2.41. The van der Waals surface area contributed by atoms with Crippen LogP contribution in [0.25, 0.3) is 0 Å². The molecule has 0 saturated carbocycles. The molecule has 0 N–H and O–H groups in total. The van der Waals surface area contributed by atoms with Crippen LogP contribution in [0.1, 0.15) is 30.9 Å². The number of hydrogen-bond acceptors (Lipinski definition) is 2. The van der Waals surface area contributed by atoms with E-state index < -0.39 is 0 Å². The second kappa shape index (κ2) is 4.38. The van der Waals surface area contributed by atoms with Gasteiger partial charge in [-0.05, 0) is 17.5 Å². The molecule has 0 atom stereocenters.